The number of phenols is 1. The maximum Gasteiger partial charge on any atom is 0.123 e. The predicted octanol–water partition coefficient (Wildman–Crippen LogP) is 3.38. The van der Waals surface area contributed by atoms with Gasteiger partial charge in [0.25, 0.3) is 0 Å². The molecule has 0 amide bonds. The Balaban J connectivity index is 2.51. The number of aryl methyl sites for hydroxylation is 1. The first-order valence-corrected chi connectivity index (χ1v) is 5.67. The summed E-state index contributed by atoms with van der Waals surface area (Å²) in [4.78, 5) is 0. The molecule has 0 saturated heterocycles. The minimum atomic E-state index is 0.300. The minimum Gasteiger partial charge on any atom is -0.508 e. The number of hydrogen-bond donors (Lipinski definition) is 1. The molecule has 0 atom stereocenters. The Morgan fingerprint density at radius 3 is 1.94 bits per heavy atom. The highest BCUT2D eigenvalue weighted by molar-refractivity contribution is 5.68. The molecule has 0 unspecified atom stereocenters. The Bertz CT molecular complexity index is 539. The van der Waals surface area contributed by atoms with Crippen LogP contribution in [0.3, 0.4) is 0 Å². The lowest BCUT2D eigenvalue weighted by atomic mass is 10.0. The van der Waals surface area contributed by atoms with E-state index in [4.69, 9.17) is 9.47 Å². The molecule has 0 aliphatic heterocycles. The molecule has 0 saturated carbocycles. The van der Waals surface area contributed by atoms with Crippen LogP contribution in [0, 0.1) is 6.92 Å². The van der Waals surface area contributed by atoms with Crippen LogP contribution in [-0.4, -0.2) is 19.3 Å². The second-order valence-electron chi connectivity index (χ2n) is 4.10. The van der Waals surface area contributed by atoms with Gasteiger partial charge in [-0.05, 0) is 47.9 Å². The molecule has 0 aromatic heterocycles. The van der Waals surface area contributed by atoms with E-state index in [9.17, 15) is 5.11 Å². The molecule has 0 fully saturated rings. The average Bonchev–Trinajstić information content (AvgIpc) is 2.41. The molecule has 0 aliphatic rings. The summed E-state index contributed by atoms with van der Waals surface area (Å²) in [5.74, 6) is 1.79. The Hall–Kier alpha value is -2.16. The third-order valence-electron chi connectivity index (χ3n) is 2.88. The number of rotatable bonds is 3. The molecule has 18 heavy (non-hydrogen) atoms. The monoisotopic (exact) mass is 244 g/mol. The van der Waals surface area contributed by atoms with Crippen molar-refractivity contribution < 1.29 is 14.6 Å². The first-order chi connectivity index (χ1) is 8.63. The second-order valence-corrected chi connectivity index (χ2v) is 4.10. The van der Waals surface area contributed by atoms with Crippen molar-refractivity contribution in [1.29, 1.82) is 0 Å². The Kier molecular flexibility index (Phi) is 3.42. The molecule has 3 nitrogen and oxygen atoms in total. The number of phenolic OH excluding ortho intramolecular Hbond substituents is 1. The highest BCUT2D eigenvalue weighted by Crippen LogP contribution is 2.31. The van der Waals surface area contributed by atoms with Gasteiger partial charge in [0.05, 0.1) is 14.2 Å². The van der Waals surface area contributed by atoms with Crippen molar-refractivity contribution in [2.24, 2.45) is 0 Å². The van der Waals surface area contributed by atoms with Gasteiger partial charge in [0.2, 0.25) is 0 Å². The number of hydrogen-bond acceptors (Lipinski definition) is 3. The maximum absolute atomic E-state index is 9.54. The van der Waals surface area contributed by atoms with Crippen molar-refractivity contribution in [3.8, 4) is 28.4 Å². The Morgan fingerprint density at radius 1 is 0.833 bits per heavy atom. The van der Waals surface area contributed by atoms with Crippen LogP contribution in [0.2, 0.25) is 0 Å². The number of aromatic hydroxyl groups is 1. The van der Waals surface area contributed by atoms with Crippen LogP contribution in [0.1, 0.15) is 5.56 Å². The number of ether oxygens (including phenoxy) is 2. The van der Waals surface area contributed by atoms with Crippen LogP contribution in [-0.2, 0) is 0 Å². The molecule has 0 aliphatic carbocycles. The van der Waals surface area contributed by atoms with E-state index in [1.807, 2.05) is 37.3 Å². The summed E-state index contributed by atoms with van der Waals surface area (Å²) in [6, 6.07) is 11.2. The van der Waals surface area contributed by atoms with E-state index in [0.29, 0.717) is 5.75 Å². The summed E-state index contributed by atoms with van der Waals surface area (Å²) >= 11 is 0. The van der Waals surface area contributed by atoms with Crippen LogP contribution in [0.5, 0.6) is 17.2 Å². The van der Waals surface area contributed by atoms with E-state index in [1.165, 1.54) is 0 Å². The molecule has 2 aromatic carbocycles. The number of methoxy groups -OCH3 is 2. The fourth-order valence-electron chi connectivity index (χ4n) is 1.81. The predicted molar refractivity (Wildman–Crippen MR) is 71.4 cm³/mol. The van der Waals surface area contributed by atoms with E-state index in [1.54, 1.807) is 20.3 Å². The molecule has 3 heteroatoms. The van der Waals surface area contributed by atoms with Crippen molar-refractivity contribution in [1.82, 2.24) is 0 Å². The Labute approximate surface area is 107 Å². The smallest absolute Gasteiger partial charge is 0.123 e. The van der Waals surface area contributed by atoms with Crippen molar-refractivity contribution in [3.63, 3.8) is 0 Å². The molecule has 94 valence electrons. The summed E-state index contributed by atoms with van der Waals surface area (Å²) in [5.41, 5.74) is 2.85. The summed E-state index contributed by atoms with van der Waals surface area (Å²) in [7, 11) is 3.25. The van der Waals surface area contributed by atoms with Gasteiger partial charge in [-0.1, -0.05) is 6.07 Å². The Morgan fingerprint density at radius 2 is 1.44 bits per heavy atom. The zero-order valence-electron chi connectivity index (χ0n) is 10.7. The van der Waals surface area contributed by atoms with Gasteiger partial charge in [0.1, 0.15) is 17.2 Å². The summed E-state index contributed by atoms with van der Waals surface area (Å²) in [5, 5.41) is 9.54. The molecular formula is C15H16O3. The van der Waals surface area contributed by atoms with Gasteiger partial charge in [-0.2, -0.15) is 0 Å². The van der Waals surface area contributed by atoms with E-state index in [2.05, 4.69) is 0 Å². The van der Waals surface area contributed by atoms with Gasteiger partial charge in [-0.3, -0.25) is 0 Å². The van der Waals surface area contributed by atoms with Gasteiger partial charge in [0, 0.05) is 6.07 Å². The van der Waals surface area contributed by atoms with Gasteiger partial charge in [-0.25, -0.2) is 0 Å². The van der Waals surface area contributed by atoms with Crippen molar-refractivity contribution in [3.05, 3.63) is 42.0 Å². The normalized spacial score (nSPS) is 10.2. The third kappa shape index (κ3) is 2.40. The fourth-order valence-corrected chi connectivity index (χ4v) is 1.81. The molecule has 2 rings (SSSR count). The largest absolute Gasteiger partial charge is 0.508 e. The second kappa shape index (κ2) is 5.00. The van der Waals surface area contributed by atoms with Crippen molar-refractivity contribution >= 4 is 0 Å². The maximum atomic E-state index is 9.54. The third-order valence-corrected chi connectivity index (χ3v) is 2.88. The first-order valence-electron chi connectivity index (χ1n) is 5.67. The van der Waals surface area contributed by atoms with Crippen LogP contribution in [0.15, 0.2) is 36.4 Å². The van der Waals surface area contributed by atoms with E-state index >= 15 is 0 Å². The zero-order valence-corrected chi connectivity index (χ0v) is 10.7. The summed E-state index contributed by atoms with van der Waals surface area (Å²) in [6.07, 6.45) is 0. The van der Waals surface area contributed by atoms with Crippen LogP contribution in [0.4, 0.5) is 0 Å². The molecular weight excluding hydrogens is 228 g/mol. The number of benzene rings is 2. The first kappa shape index (κ1) is 12.3. The standard InChI is InChI=1S/C15H16O3/c1-10-6-11(4-5-15(10)16)12-7-13(17-2)9-14(8-12)18-3/h4-9,16H,1-3H3. The molecule has 1 N–H and O–H groups in total. The van der Waals surface area contributed by atoms with E-state index in [-0.39, 0.29) is 0 Å². The lowest BCUT2D eigenvalue weighted by Crippen LogP contribution is -1.89. The lowest BCUT2D eigenvalue weighted by Gasteiger charge is -2.09. The molecule has 0 radical (unpaired) electrons. The average molecular weight is 244 g/mol. The summed E-state index contributed by atoms with van der Waals surface area (Å²) < 4.78 is 10.5. The minimum absolute atomic E-state index is 0.300. The van der Waals surface area contributed by atoms with E-state index in [0.717, 1.165) is 28.2 Å². The van der Waals surface area contributed by atoms with Crippen LogP contribution >= 0.6 is 0 Å². The van der Waals surface area contributed by atoms with Gasteiger partial charge < -0.3 is 14.6 Å². The van der Waals surface area contributed by atoms with Crippen LogP contribution < -0.4 is 9.47 Å². The summed E-state index contributed by atoms with van der Waals surface area (Å²) in [6.45, 7) is 1.87. The lowest BCUT2D eigenvalue weighted by molar-refractivity contribution is 0.394. The van der Waals surface area contributed by atoms with Crippen molar-refractivity contribution in [2.75, 3.05) is 14.2 Å². The fraction of sp³-hybridized carbons (Fsp3) is 0.200. The molecule has 2 aromatic rings. The van der Waals surface area contributed by atoms with Gasteiger partial charge in [0.15, 0.2) is 0 Å². The van der Waals surface area contributed by atoms with Crippen molar-refractivity contribution in [2.45, 2.75) is 6.92 Å². The topological polar surface area (TPSA) is 38.7 Å². The SMILES string of the molecule is COc1cc(OC)cc(-c2ccc(O)c(C)c2)c1. The van der Waals surface area contributed by atoms with Gasteiger partial charge in [-0.15, -0.1) is 0 Å². The molecule has 0 spiro atoms. The highest BCUT2D eigenvalue weighted by atomic mass is 16.5. The zero-order chi connectivity index (χ0) is 13.1. The van der Waals surface area contributed by atoms with E-state index < -0.39 is 0 Å². The van der Waals surface area contributed by atoms with Crippen LogP contribution in [0.25, 0.3) is 11.1 Å². The molecule has 0 bridgehead atoms. The highest BCUT2D eigenvalue weighted by Gasteiger charge is 2.05. The molecule has 0 heterocycles. The quantitative estimate of drug-likeness (QED) is 0.899. The van der Waals surface area contributed by atoms with Gasteiger partial charge >= 0.3 is 0 Å².